The second kappa shape index (κ2) is 4.39. The second-order valence-corrected chi connectivity index (χ2v) is 3.04. The maximum absolute atomic E-state index is 11.5. The van der Waals surface area contributed by atoms with E-state index in [0.29, 0.717) is 23.7 Å². The molecule has 0 aliphatic heterocycles. The van der Waals surface area contributed by atoms with E-state index >= 15 is 0 Å². The lowest BCUT2D eigenvalue weighted by Gasteiger charge is -2.00. The standard InChI is InChI=1S/C8H11ClN2O2/c1-11-8(6(9)5-10-11)7(12)3-4-13-2/h5H,3-4H2,1-2H3. The summed E-state index contributed by atoms with van der Waals surface area (Å²) in [6, 6.07) is 0. The van der Waals surface area contributed by atoms with Crippen molar-refractivity contribution in [3.63, 3.8) is 0 Å². The van der Waals surface area contributed by atoms with E-state index in [4.69, 9.17) is 16.3 Å². The van der Waals surface area contributed by atoms with Crippen LogP contribution in [0, 0.1) is 0 Å². The first-order valence-corrected chi connectivity index (χ1v) is 4.24. The van der Waals surface area contributed by atoms with Crippen LogP contribution in [0.25, 0.3) is 0 Å². The molecule has 1 rings (SSSR count). The quantitative estimate of drug-likeness (QED) is 0.692. The number of rotatable bonds is 4. The molecule has 0 spiro atoms. The average molecular weight is 203 g/mol. The van der Waals surface area contributed by atoms with Crippen LogP contribution in [0.1, 0.15) is 16.9 Å². The van der Waals surface area contributed by atoms with Gasteiger partial charge in [0.1, 0.15) is 5.69 Å². The first-order chi connectivity index (χ1) is 6.16. The van der Waals surface area contributed by atoms with Crippen LogP contribution in [0.4, 0.5) is 0 Å². The van der Waals surface area contributed by atoms with Crippen molar-refractivity contribution in [3.8, 4) is 0 Å². The van der Waals surface area contributed by atoms with Crippen LogP contribution < -0.4 is 0 Å². The Bertz CT molecular complexity index is 290. The Morgan fingerprint density at radius 2 is 2.46 bits per heavy atom. The van der Waals surface area contributed by atoms with Gasteiger partial charge in [0.15, 0.2) is 5.78 Å². The van der Waals surface area contributed by atoms with Gasteiger partial charge in [-0.05, 0) is 0 Å². The zero-order valence-electron chi connectivity index (χ0n) is 7.58. The Morgan fingerprint density at radius 1 is 1.77 bits per heavy atom. The molecule has 0 saturated heterocycles. The van der Waals surface area contributed by atoms with E-state index in [0.717, 1.165) is 0 Å². The molecule has 0 amide bonds. The van der Waals surface area contributed by atoms with Crippen molar-refractivity contribution < 1.29 is 9.53 Å². The number of carbonyl (C=O) groups is 1. The van der Waals surface area contributed by atoms with E-state index in [1.54, 1.807) is 14.2 Å². The predicted molar refractivity (Wildman–Crippen MR) is 49.0 cm³/mol. The van der Waals surface area contributed by atoms with Gasteiger partial charge in [-0.25, -0.2) is 0 Å². The van der Waals surface area contributed by atoms with E-state index in [1.165, 1.54) is 10.9 Å². The monoisotopic (exact) mass is 202 g/mol. The van der Waals surface area contributed by atoms with Gasteiger partial charge in [-0.3, -0.25) is 9.48 Å². The van der Waals surface area contributed by atoms with Gasteiger partial charge >= 0.3 is 0 Å². The van der Waals surface area contributed by atoms with Gasteiger partial charge in [-0.15, -0.1) is 0 Å². The molecule has 0 aliphatic carbocycles. The third-order valence-corrected chi connectivity index (χ3v) is 1.97. The molecule has 4 nitrogen and oxygen atoms in total. The molecule has 1 aromatic rings. The van der Waals surface area contributed by atoms with Crippen molar-refractivity contribution in [1.82, 2.24) is 9.78 Å². The van der Waals surface area contributed by atoms with Crippen LogP contribution in [-0.4, -0.2) is 29.3 Å². The van der Waals surface area contributed by atoms with Crippen molar-refractivity contribution in [2.75, 3.05) is 13.7 Å². The van der Waals surface area contributed by atoms with E-state index in [2.05, 4.69) is 5.10 Å². The highest BCUT2D eigenvalue weighted by molar-refractivity contribution is 6.33. The van der Waals surface area contributed by atoms with Gasteiger partial charge in [-0.1, -0.05) is 11.6 Å². The van der Waals surface area contributed by atoms with E-state index in [9.17, 15) is 4.79 Å². The summed E-state index contributed by atoms with van der Waals surface area (Å²) in [4.78, 5) is 11.5. The van der Waals surface area contributed by atoms with Crippen LogP contribution in [0.2, 0.25) is 5.02 Å². The van der Waals surface area contributed by atoms with Crippen molar-refractivity contribution in [3.05, 3.63) is 16.9 Å². The van der Waals surface area contributed by atoms with Crippen LogP contribution in [-0.2, 0) is 11.8 Å². The molecule has 0 radical (unpaired) electrons. The minimum Gasteiger partial charge on any atom is -0.384 e. The van der Waals surface area contributed by atoms with Crippen LogP contribution in [0.15, 0.2) is 6.20 Å². The fourth-order valence-corrected chi connectivity index (χ4v) is 1.31. The predicted octanol–water partition coefficient (Wildman–Crippen LogP) is 1.29. The highest BCUT2D eigenvalue weighted by Crippen LogP contribution is 2.15. The number of Topliss-reactive ketones (excluding diaryl/α,β-unsaturated/α-hetero) is 1. The highest BCUT2D eigenvalue weighted by Gasteiger charge is 2.14. The molecule has 5 heteroatoms. The van der Waals surface area contributed by atoms with Gasteiger partial charge in [-0.2, -0.15) is 5.10 Å². The van der Waals surface area contributed by atoms with Gasteiger partial charge in [0, 0.05) is 20.6 Å². The number of hydrogen-bond donors (Lipinski definition) is 0. The van der Waals surface area contributed by atoms with Crippen LogP contribution >= 0.6 is 11.6 Å². The number of methoxy groups -OCH3 is 1. The van der Waals surface area contributed by atoms with Gasteiger partial charge < -0.3 is 4.74 Å². The topological polar surface area (TPSA) is 44.1 Å². The summed E-state index contributed by atoms with van der Waals surface area (Å²) in [5.74, 6) is -0.0492. The maximum Gasteiger partial charge on any atom is 0.184 e. The van der Waals surface area contributed by atoms with Crippen molar-refractivity contribution >= 4 is 17.4 Å². The molecular weight excluding hydrogens is 192 g/mol. The SMILES string of the molecule is COCCC(=O)c1c(Cl)cnn1C. The molecular formula is C8H11ClN2O2. The van der Waals surface area contributed by atoms with Gasteiger partial charge in [0.05, 0.1) is 17.8 Å². The molecule has 72 valence electrons. The Labute approximate surface area is 81.4 Å². The summed E-state index contributed by atoms with van der Waals surface area (Å²) in [7, 11) is 3.24. The van der Waals surface area contributed by atoms with Crippen molar-refractivity contribution in [1.29, 1.82) is 0 Å². The first kappa shape index (κ1) is 10.2. The van der Waals surface area contributed by atoms with Crippen LogP contribution in [0.5, 0.6) is 0 Å². The molecule has 0 saturated carbocycles. The number of aryl methyl sites for hydroxylation is 1. The largest absolute Gasteiger partial charge is 0.384 e. The highest BCUT2D eigenvalue weighted by atomic mass is 35.5. The Balaban J connectivity index is 2.76. The zero-order chi connectivity index (χ0) is 9.84. The summed E-state index contributed by atoms with van der Waals surface area (Å²) in [5, 5.41) is 4.26. The number of halogens is 1. The summed E-state index contributed by atoms with van der Waals surface area (Å²) >= 11 is 5.77. The van der Waals surface area contributed by atoms with Crippen LogP contribution in [0.3, 0.4) is 0 Å². The Morgan fingerprint density at radius 3 is 2.92 bits per heavy atom. The normalized spacial score (nSPS) is 10.4. The second-order valence-electron chi connectivity index (χ2n) is 2.63. The third-order valence-electron chi connectivity index (χ3n) is 1.69. The lowest BCUT2D eigenvalue weighted by atomic mass is 10.2. The number of aromatic nitrogens is 2. The van der Waals surface area contributed by atoms with E-state index in [-0.39, 0.29) is 5.78 Å². The molecule has 0 bridgehead atoms. The lowest BCUT2D eigenvalue weighted by molar-refractivity contribution is 0.0923. The molecule has 0 aromatic carbocycles. The summed E-state index contributed by atoms with van der Waals surface area (Å²) in [5.41, 5.74) is 0.443. The van der Waals surface area contributed by atoms with Crippen molar-refractivity contribution in [2.24, 2.45) is 7.05 Å². The maximum atomic E-state index is 11.5. The minimum atomic E-state index is -0.0492. The Kier molecular flexibility index (Phi) is 3.45. The summed E-state index contributed by atoms with van der Waals surface area (Å²) in [6.45, 7) is 0.403. The smallest absolute Gasteiger partial charge is 0.184 e. The lowest BCUT2D eigenvalue weighted by Crippen LogP contribution is -2.09. The molecule has 0 fully saturated rings. The minimum absolute atomic E-state index is 0.0492. The summed E-state index contributed by atoms with van der Waals surface area (Å²) in [6.07, 6.45) is 1.79. The number of carbonyl (C=O) groups excluding carboxylic acids is 1. The van der Waals surface area contributed by atoms with Gasteiger partial charge in [0.25, 0.3) is 0 Å². The average Bonchev–Trinajstić information content (AvgIpc) is 2.42. The Hall–Kier alpha value is -0.870. The molecule has 0 atom stereocenters. The molecule has 0 N–H and O–H groups in total. The summed E-state index contributed by atoms with van der Waals surface area (Å²) < 4.78 is 6.27. The first-order valence-electron chi connectivity index (χ1n) is 3.86. The van der Waals surface area contributed by atoms with E-state index < -0.39 is 0 Å². The number of hydrogen-bond acceptors (Lipinski definition) is 3. The van der Waals surface area contributed by atoms with Gasteiger partial charge in [0.2, 0.25) is 0 Å². The molecule has 0 aliphatic rings. The molecule has 1 aromatic heterocycles. The fraction of sp³-hybridized carbons (Fsp3) is 0.500. The third kappa shape index (κ3) is 2.29. The van der Waals surface area contributed by atoms with Crippen molar-refractivity contribution in [2.45, 2.75) is 6.42 Å². The van der Waals surface area contributed by atoms with E-state index in [1.807, 2.05) is 0 Å². The number of ketones is 1. The molecule has 13 heavy (non-hydrogen) atoms. The molecule has 1 heterocycles. The number of nitrogens with zero attached hydrogens (tertiary/aromatic N) is 2. The fourth-order valence-electron chi connectivity index (χ4n) is 1.04. The molecule has 0 unspecified atom stereocenters. The zero-order valence-corrected chi connectivity index (χ0v) is 8.34. The number of ether oxygens (including phenoxy) is 1.